The molecule has 16 heavy (non-hydrogen) atoms. The maximum Gasteiger partial charge on any atom is 0.0722 e. The van der Waals surface area contributed by atoms with E-state index in [0.717, 1.165) is 31.7 Å². The minimum Gasteiger partial charge on any atom is -0.368 e. The first kappa shape index (κ1) is 9.60. The zero-order chi connectivity index (χ0) is 10.8. The predicted octanol–water partition coefficient (Wildman–Crippen LogP) is 1.64. The number of piperazine rings is 1. The van der Waals surface area contributed by atoms with E-state index in [4.69, 9.17) is 0 Å². The molecular weight excluding hydrogens is 198 g/mol. The summed E-state index contributed by atoms with van der Waals surface area (Å²) in [7, 11) is 0. The minimum absolute atomic E-state index is 1.07. The van der Waals surface area contributed by atoms with Crippen LogP contribution in [0.25, 0.3) is 10.9 Å². The summed E-state index contributed by atoms with van der Waals surface area (Å²) in [5.74, 6) is 0. The molecule has 82 valence electrons. The maximum absolute atomic E-state index is 4.39. The fraction of sp³-hybridized carbons (Fsp3) is 0.308. The number of nitrogens with zero attached hydrogens (tertiary/aromatic N) is 2. The number of hydrogen-bond donors (Lipinski definition) is 1. The molecule has 1 aromatic heterocycles. The van der Waals surface area contributed by atoms with Crippen molar-refractivity contribution in [3.8, 4) is 0 Å². The summed E-state index contributed by atoms with van der Waals surface area (Å²) in [4.78, 5) is 6.83. The van der Waals surface area contributed by atoms with E-state index in [1.165, 1.54) is 11.1 Å². The highest BCUT2D eigenvalue weighted by atomic mass is 15.2. The SMILES string of the molecule is c1ccc2c(N3CCNCC3)ccnc2c1. The van der Waals surface area contributed by atoms with E-state index in [2.05, 4.69) is 39.5 Å². The second-order valence-electron chi connectivity index (χ2n) is 4.08. The van der Waals surface area contributed by atoms with Gasteiger partial charge in [-0.3, -0.25) is 4.98 Å². The Morgan fingerprint density at radius 1 is 1.06 bits per heavy atom. The van der Waals surface area contributed by atoms with Crippen LogP contribution in [0.3, 0.4) is 0 Å². The van der Waals surface area contributed by atoms with Crippen LogP contribution in [-0.2, 0) is 0 Å². The van der Waals surface area contributed by atoms with Gasteiger partial charge >= 0.3 is 0 Å². The Hall–Kier alpha value is -1.61. The first-order chi connectivity index (χ1) is 7.95. The number of aromatic nitrogens is 1. The number of rotatable bonds is 1. The lowest BCUT2D eigenvalue weighted by Crippen LogP contribution is -2.43. The number of anilines is 1. The average molecular weight is 213 g/mol. The predicted molar refractivity (Wildman–Crippen MR) is 66.8 cm³/mol. The molecule has 3 nitrogen and oxygen atoms in total. The highest BCUT2D eigenvalue weighted by Gasteiger charge is 2.12. The van der Waals surface area contributed by atoms with Gasteiger partial charge in [0.1, 0.15) is 0 Å². The van der Waals surface area contributed by atoms with Crippen molar-refractivity contribution in [1.82, 2.24) is 10.3 Å². The molecule has 0 radical (unpaired) electrons. The van der Waals surface area contributed by atoms with Crippen LogP contribution in [-0.4, -0.2) is 31.2 Å². The molecule has 0 saturated carbocycles. The van der Waals surface area contributed by atoms with Gasteiger partial charge in [-0.2, -0.15) is 0 Å². The van der Waals surface area contributed by atoms with Crippen LogP contribution in [0, 0.1) is 0 Å². The highest BCUT2D eigenvalue weighted by Crippen LogP contribution is 2.24. The lowest BCUT2D eigenvalue weighted by molar-refractivity contribution is 0.590. The minimum atomic E-state index is 1.07. The van der Waals surface area contributed by atoms with Crippen LogP contribution in [0.2, 0.25) is 0 Å². The van der Waals surface area contributed by atoms with Crippen molar-refractivity contribution in [1.29, 1.82) is 0 Å². The lowest BCUT2D eigenvalue weighted by atomic mass is 10.1. The second-order valence-corrected chi connectivity index (χ2v) is 4.08. The third kappa shape index (κ3) is 1.63. The fourth-order valence-electron chi connectivity index (χ4n) is 2.26. The number of pyridine rings is 1. The first-order valence-electron chi connectivity index (χ1n) is 5.74. The van der Waals surface area contributed by atoms with Gasteiger partial charge in [-0.25, -0.2) is 0 Å². The number of benzene rings is 1. The molecule has 0 bridgehead atoms. The van der Waals surface area contributed by atoms with Crippen LogP contribution >= 0.6 is 0 Å². The molecular formula is C13H15N3. The van der Waals surface area contributed by atoms with Crippen LogP contribution < -0.4 is 10.2 Å². The lowest BCUT2D eigenvalue weighted by Gasteiger charge is -2.30. The van der Waals surface area contributed by atoms with E-state index in [-0.39, 0.29) is 0 Å². The summed E-state index contributed by atoms with van der Waals surface area (Å²) in [6.07, 6.45) is 1.90. The van der Waals surface area contributed by atoms with Crippen molar-refractivity contribution >= 4 is 16.6 Å². The molecule has 3 heteroatoms. The van der Waals surface area contributed by atoms with Gasteiger partial charge in [-0.1, -0.05) is 18.2 Å². The van der Waals surface area contributed by atoms with Gasteiger partial charge in [0.2, 0.25) is 0 Å². The molecule has 0 spiro atoms. The summed E-state index contributed by atoms with van der Waals surface area (Å²) in [5, 5.41) is 4.63. The summed E-state index contributed by atoms with van der Waals surface area (Å²) < 4.78 is 0. The Bertz CT molecular complexity index is 484. The fourth-order valence-corrected chi connectivity index (χ4v) is 2.26. The van der Waals surface area contributed by atoms with Gasteiger partial charge in [0.05, 0.1) is 5.52 Å². The number of hydrogen-bond acceptors (Lipinski definition) is 3. The standard InChI is InChI=1S/C13H15N3/c1-2-4-12-11(3-1)13(5-6-15-12)16-9-7-14-8-10-16/h1-6,14H,7-10H2. The molecule has 2 heterocycles. The van der Waals surface area contributed by atoms with Crippen molar-refractivity contribution in [2.24, 2.45) is 0 Å². The average Bonchev–Trinajstić information content (AvgIpc) is 2.39. The second kappa shape index (κ2) is 4.10. The van der Waals surface area contributed by atoms with Gasteiger partial charge in [0, 0.05) is 43.4 Å². The molecule has 1 aromatic carbocycles. The zero-order valence-corrected chi connectivity index (χ0v) is 9.19. The molecule has 0 atom stereocenters. The van der Waals surface area contributed by atoms with Gasteiger partial charge < -0.3 is 10.2 Å². The van der Waals surface area contributed by atoms with E-state index in [0.29, 0.717) is 0 Å². The third-order valence-electron chi connectivity index (χ3n) is 3.08. The first-order valence-corrected chi connectivity index (χ1v) is 5.74. The van der Waals surface area contributed by atoms with E-state index in [1.54, 1.807) is 0 Å². The number of para-hydroxylation sites is 1. The van der Waals surface area contributed by atoms with Crippen molar-refractivity contribution < 1.29 is 0 Å². The van der Waals surface area contributed by atoms with Crippen LogP contribution in [0.5, 0.6) is 0 Å². The molecule has 1 N–H and O–H groups in total. The third-order valence-corrected chi connectivity index (χ3v) is 3.08. The monoisotopic (exact) mass is 213 g/mol. The van der Waals surface area contributed by atoms with Crippen molar-refractivity contribution in [3.05, 3.63) is 36.5 Å². The molecule has 3 rings (SSSR count). The van der Waals surface area contributed by atoms with E-state index >= 15 is 0 Å². The molecule has 2 aromatic rings. The van der Waals surface area contributed by atoms with Crippen molar-refractivity contribution in [2.75, 3.05) is 31.1 Å². The highest BCUT2D eigenvalue weighted by molar-refractivity contribution is 5.91. The van der Waals surface area contributed by atoms with Gasteiger partial charge in [-0.15, -0.1) is 0 Å². The summed E-state index contributed by atoms with van der Waals surface area (Å²) >= 11 is 0. The van der Waals surface area contributed by atoms with E-state index in [1.807, 2.05) is 12.3 Å². The Balaban J connectivity index is 2.08. The van der Waals surface area contributed by atoms with Crippen LogP contribution in [0.1, 0.15) is 0 Å². The number of fused-ring (bicyclic) bond motifs is 1. The van der Waals surface area contributed by atoms with Gasteiger partial charge in [-0.05, 0) is 12.1 Å². The summed E-state index contributed by atoms with van der Waals surface area (Å²) in [6.45, 7) is 4.29. The molecule has 1 aliphatic heterocycles. The molecule has 0 aliphatic carbocycles. The Morgan fingerprint density at radius 2 is 1.88 bits per heavy atom. The van der Waals surface area contributed by atoms with Gasteiger partial charge in [0.15, 0.2) is 0 Å². The van der Waals surface area contributed by atoms with E-state index < -0.39 is 0 Å². The Kier molecular flexibility index (Phi) is 2.46. The van der Waals surface area contributed by atoms with Crippen molar-refractivity contribution in [2.45, 2.75) is 0 Å². The topological polar surface area (TPSA) is 28.2 Å². The summed E-state index contributed by atoms with van der Waals surface area (Å²) in [6, 6.07) is 10.5. The molecule has 0 unspecified atom stereocenters. The normalized spacial score (nSPS) is 16.6. The molecule has 1 aliphatic rings. The largest absolute Gasteiger partial charge is 0.368 e. The quantitative estimate of drug-likeness (QED) is 0.780. The molecule has 1 saturated heterocycles. The smallest absolute Gasteiger partial charge is 0.0722 e. The molecule has 1 fully saturated rings. The van der Waals surface area contributed by atoms with Crippen LogP contribution in [0.15, 0.2) is 36.5 Å². The van der Waals surface area contributed by atoms with Gasteiger partial charge in [0.25, 0.3) is 0 Å². The van der Waals surface area contributed by atoms with Crippen LogP contribution in [0.4, 0.5) is 5.69 Å². The Morgan fingerprint density at radius 3 is 2.75 bits per heavy atom. The Labute approximate surface area is 95.1 Å². The van der Waals surface area contributed by atoms with Crippen molar-refractivity contribution in [3.63, 3.8) is 0 Å². The van der Waals surface area contributed by atoms with E-state index in [9.17, 15) is 0 Å². The zero-order valence-electron chi connectivity index (χ0n) is 9.19. The maximum atomic E-state index is 4.39. The molecule has 0 amide bonds. The summed E-state index contributed by atoms with van der Waals surface area (Å²) in [5.41, 5.74) is 2.39. The number of nitrogens with one attached hydrogen (secondary N) is 1.